The molecule has 0 aromatic carbocycles. The van der Waals surface area contributed by atoms with Crippen LogP contribution >= 0.6 is 12.6 Å². The molecule has 34 heavy (non-hydrogen) atoms. The maximum atomic E-state index is 14.3. The fourth-order valence-electron chi connectivity index (χ4n) is 10.7. The van der Waals surface area contributed by atoms with Gasteiger partial charge in [0.05, 0.1) is 5.41 Å². The quantitative estimate of drug-likeness (QED) is 0.385. The third kappa shape index (κ3) is 2.79. The van der Waals surface area contributed by atoms with Crippen LogP contribution in [-0.2, 0) is 9.59 Å². The summed E-state index contributed by atoms with van der Waals surface area (Å²) in [4.78, 5) is 26.9. The molecular formula is C30H46O3S. The van der Waals surface area contributed by atoms with Gasteiger partial charge in [-0.2, -0.15) is 12.6 Å². The highest BCUT2D eigenvalue weighted by Gasteiger charge is 2.71. The molecule has 5 aliphatic rings. The zero-order valence-corrected chi connectivity index (χ0v) is 23.3. The normalized spacial score (nSPS) is 56.9. The van der Waals surface area contributed by atoms with Gasteiger partial charge in [0, 0.05) is 11.2 Å². The largest absolute Gasteiger partial charge is 0.481 e. The van der Waals surface area contributed by atoms with E-state index >= 15 is 0 Å². The summed E-state index contributed by atoms with van der Waals surface area (Å²) in [5.74, 6) is 1.21. The summed E-state index contributed by atoms with van der Waals surface area (Å²) in [5, 5.41) is 10.2. The van der Waals surface area contributed by atoms with Crippen molar-refractivity contribution >= 4 is 24.4 Å². The van der Waals surface area contributed by atoms with Crippen LogP contribution in [0.3, 0.4) is 0 Å². The predicted molar refractivity (Wildman–Crippen MR) is 140 cm³/mol. The second-order valence-corrected chi connectivity index (χ2v) is 15.1. The van der Waals surface area contributed by atoms with E-state index in [2.05, 4.69) is 47.6 Å². The minimum absolute atomic E-state index is 0.00644. The van der Waals surface area contributed by atoms with E-state index in [-0.39, 0.29) is 33.3 Å². The van der Waals surface area contributed by atoms with E-state index in [1.165, 1.54) is 24.8 Å². The second-order valence-electron chi connectivity index (χ2n) is 14.4. The highest BCUT2D eigenvalue weighted by molar-refractivity contribution is 7.81. The van der Waals surface area contributed by atoms with Crippen LogP contribution in [0.15, 0.2) is 11.6 Å². The molecule has 0 aromatic heterocycles. The van der Waals surface area contributed by atoms with Crippen molar-refractivity contribution in [2.75, 3.05) is 0 Å². The second kappa shape index (κ2) is 7.39. The third-order valence-electron chi connectivity index (χ3n) is 13.2. The van der Waals surface area contributed by atoms with Crippen molar-refractivity contribution < 1.29 is 14.7 Å². The number of ketones is 1. The number of allylic oxidation sites excluding steroid dienone is 2. The van der Waals surface area contributed by atoms with Crippen LogP contribution in [0, 0.1) is 56.7 Å². The number of carbonyl (C=O) groups excluding carboxylic acids is 1. The van der Waals surface area contributed by atoms with Crippen LogP contribution in [0.5, 0.6) is 0 Å². The molecule has 11 atom stereocenters. The molecule has 0 amide bonds. The van der Waals surface area contributed by atoms with Crippen molar-refractivity contribution in [2.45, 2.75) is 105 Å². The molecule has 0 bridgehead atoms. The molecule has 4 fully saturated rings. The Balaban J connectivity index is 1.65. The number of aliphatic carboxylic acids is 1. The predicted octanol–water partition coefficient (Wildman–Crippen LogP) is 7.21. The van der Waals surface area contributed by atoms with Crippen molar-refractivity contribution in [1.82, 2.24) is 0 Å². The van der Waals surface area contributed by atoms with Crippen molar-refractivity contribution in [1.29, 1.82) is 0 Å². The lowest BCUT2D eigenvalue weighted by Gasteiger charge is -2.70. The van der Waals surface area contributed by atoms with Gasteiger partial charge in [0.2, 0.25) is 0 Å². The molecule has 0 aromatic rings. The molecule has 3 unspecified atom stereocenters. The zero-order valence-electron chi connectivity index (χ0n) is 22.4. The van der Waals surface area contributed by atoms with E-state index in [9.17, 15) is 14.7 Å². The number of hydrogen-bond donors (Lipinski definition) is 2. The van der Waals surface area contributed by atoms with Gasteiger partial charge < -0.3 is 5.11 Å². The molecule has 5 aliphatic carbocycles. The molecule has 190 valence electrons. The van der Waals surface area contributed by atoms with Gasteiger partial charge in [-0.15, -0.1) is 0 Å². The van der Waals surface area contributed by atoms with Gasteiger partial charge in [-0.1, -0.05) is 47.1 Å². The molecule has 3 nitrogen and oxygen atoms in total. The summed E-state index contributed by atoms with van der Waals surface area (Å²) in [6, 6.07) is 0. The van der Waals surface area contributed by atoms with Crippen LogP contribution in [-0.4, -0.2) is 22.1 Å². The Morgan fingerprint density at radius 1 is 0.971 bits per heavy atom. The molecule has 4 saturated carbocycles. The first-order chi connectivity index (χ1) is 15.7. The van der Waals surface area contributed by atoms with E-state index < -0.39 is 11.4 Å². The Morgan fingerprint density at radius 3 is 2.29 bits per heavy atom. The van der Waals surface area contributed by atoms with E-state index in [4.69, 9.17) is 12.6 Å². The summed E-state index contributed by atoms with van der Waals surface area (Å²) in [7, 11) is 0. The molecular weight excluding hydrogens is 440 g/mol. The van der Waals surface area contributed by atoms with Crippen LogP contribution in [0.1, 0.15) is 99.8 Å². The Hall–Kier alpha value is -0.770. The lowest BCUT2D eigenvalue weighted by atomic mass is 9.33. The van der Waals surface area contributed by atoms with Crippen molar-refractivity contribution in [2.24, 2.45) is 56.7 Å². The minimum Gasteiger partial charge on any atom is -0.481 e. The van der Waals surface area contributed by atoms with Crippen LogP contribution in [0.25, 0.3) is 0 Å². The number of rotatable bonds is 1. The Labute approximate surface area is 212 Å². The fraction of sp³-hybridized carbons (Fsp3) is 0.867. The van der Waals surface area contributed by atoms with Crippen molar-refractivity contribution in [3.63, 3.8) is 0 Å². The minimum atomic E-state index is -0.888. The lowest BCUT2D eigenvalue weighted by molar-refractivity contribution is -0.196. The average Bonchev–Trinajstić information content (AvgIpc) is 2.75. The number of carboxylic acid groups (broad SMARTS) is 1. The molecule has 0 spiro atoms. The maximum absolute atomic E-state index is 14.3. The molecule has 0 saturated heterocycles. The standard InChI is InChI=1S/C30H46O3S/c1-17-8-11-26(3)14-15-28(5)19(23(26)18(17)2)16-20(31)24-27(4)12-10-22(34)30(7,25(32)33)21(27)9-13-29(24,28)6/h16-18,21-24,34H,8-15H2,1-7H3,(H,32,33)/t17-,18+,21?,22-,23?,24?,26-,27+,28-,29-,30-/m1/s1. The van der Waals surface area contributed by atoms with Gasteiger partial charge in [0.25, 0.3) is 0 Å². The zero-order chi connectivity index (χ0) is 25.1. The summed E-state index contributed by atoms with van der Waals surface area (Å²) in [5.41, 5.74) is 0.453. The molecule has 0 aliphatic heterocycles. The summed E-state index contributed by atoms with van der Waals surface area (Å²) in [6.45, 7) is 16.4. The highest BCUT2D eigenvalue weighted by atomic mass is 32.1. The van der Waals surface area contributed by atoms with E-state index in [0.29, 0.717) is 29.0 Å². The molecule has 1 N–H and O–H groups in total. The van der Waals surface area contributed by atoms with Gasteiger partial charge in [-0.3, -0.25) is 9.59 Å². The van der Waals surface area contributed by atoms with Crippen molar-refractivity contribution in [3.8, 4) is 0 Å². The molecule has 0 heterocycles. The number of hydrogen-bond acceptors (Lipinski definition) is 3. The SMILES string of the molecule is C[C@@H]1CC[C@]2(C)CC[C@]3(C)C(=CC(=O)C4[C@@]5(C)CC[C@@H](S)[C@](C)(C(=O)O)C5CC[C@]43C)C2[C@H]1C. The van der Waals surface area contributed by atoms with Crippen molar-refractivity contribution in [3.05, 3.63) is 11.6 Å². The van der Waals surface area contributed by atoms with E-state index in [1.807, 2.05) is 6.92 Å². The third-order valence-corrected chi connectivity index (χ3v) is 14.0. The van der Waals surface area contributed by atoms with Gasteiger partial charge in [-0.25, -0.2) is 0 Å². The summed E-state index contributed by atoms with van der Waals surface area (Å²) < 4.78 is 0. The van der Waals surface area contributed by atoms with Gasteiger partial charge in [-0.05, 0) is 110 Å². The van der Waals surface area contributed by atoms with Gasteiger partial charge in [0.1, 0.15) is 0 Å². The first-order valence-electron chi connectivity index (χ1n) is 13.8. The summed E-state index contributed by atoms with van der Waals surface area (Å²) in [6.07, 6.45) is 10.6. The Morgan fingerprint density at radius 2 is 1.65 bits per heavy atom. The maximum Gasteiger partial charge on any atom is 0.310 e. The number of carboxylic acids is 1. The average molecular weight is 487 g/mol. The smallest absolute Gasteiger partial charge is 0.310 e. The summed E-state index contributed by atoms with van der Waals surface area (Å²) >= 11 is 4.79. The number of carbonyl (C=O) groups is 2. The first kappa shape index (κ1) is 24.9. The number of fused-ring (bicyclic) bond motifs is 7. The fourth-order valence-corrected chi connectivity index (χ4v) is 11.1. The lowest BCUT2D eigenvalue weighted by Crippen LogP contribution is -2.67. The Bertz CT molecular complexity index is 957. The topological polar surface area (TPSA) is 54.4 Å². The van der Waals surface area contributed by atoms with Crippen LogP contribution in [0.4, 0.5) is 0 Å². The van der Waals surface area contributed by atoms with E-state index in [1.54, 1.807) is 0 Å². The highest BCUT2D eigenvalue weighted by Crippen LogP contribution is 2.75. The van der Waals surface area contributed by atoms with E-state index in [0.717, 1.165) is 32.1 Å². The molecule has 4 heteroatoms. The van der Waals surface area contributed by atoms with Crippen LogP contribution in [0.2, 0.25) is 0 Å². The molecule has 5 rings (SSSR count). The first-order valence-corrected chi connectivity index (χ1v) is 14.4. The Kier molecular flexibility index (Phi) is 5.41. The monoisotopic (exact) mass is 486 g/mol. The van der Waals surface area contributed by atoms with Crippen LogP contribution < -0.4 is 0 Å². The van der Waals surface area contributed by atoms with Gasteiger partial charge >= 0.3 is 5.97 Å². The molecule has 0 radical (unpaired) electrons. The number of thiol groups is 1. The van der Waals surface area contributed by atoms with Gasteiger partial charge in [0.15, 0.2) is 5.78 Å².